The third kappa shape index (κ3) is 5.04. The molecule has 2 N–H and O–H groups in total. The van der Waals surface area contributed by atoms with Gasteiger partial charge in [0.05, 0.1) is 18.0 Å². The van der Waals surface area contributed by atoms with E-state index in [0.29, 0.717) is 18.1 Å². The van der Waals surface area contributed by atoms with Gasteiger partial charge in [-0.05, 0) is 30.7 Å². The Hall–Kier alpha value is -1.94. The summed E-state index contributed by atoms with van der Waals surface area (Å²) in [6.07, 6.45) is 1.06. The smallest absolute Gasteiger partial charge is 0.309 e. The van der Waals surface area contributed by atoms with Crippen molar-refractivity contribution in [2.45, 2.75) is 17.5 Å². The molecule has 0 unspecified atom stereocenters. The van der Waals surface area contributed by atoms with Gasteiger partial charge >= 0.3 is 11.8 Å². The predicted molar refractivity (Wildman–Crippen MR) is 95.9 cm³/mol. The van der Waals surface area contributed by atoms with Crippen LogP contribution in [-0.4, -0.2) is 57.0 Å². The van der Waals surface area contributed by atoms with Gasteiger partial charge in [0.15, 0.2) is 0 Å². The van der Waals surface area contributed by atoms with Crippen LogP contribution >= 0.6 is 11.6 Å². The normalized spacial score (nSPS) is 18.1. The van der Waals surface area contributed by atoms with Crippen LogP contribution in [0.1, 0.15) is 6.42 Å². The number of benzene rings is 1. The first-order valence-corrected chi connectivity index (χ1v) is 9.74. The van der Waals surface area contributed by atoms with Crippen LogP contribution in [0.15, 0.2) is 41.8 Å². The lowest BCUT2D eigenvalue weighted by molar-refractivity contribution is -0.140. The molecule has 1 saturated heterocycles. The number of hydrogen-bond acceptors (Lipinski definition) is 5. The van der Waals surface area contributed by atoms with Crippen LogP contribution in [0.4, 0.5) is 0 Å². The van der Waals surface area contributed by atoms with E-state index in [-0.39, 0.29) is 24.5 Å². The fraction of sp³-hybridized carbons (Fsp3) is 0.375. The van der Waals surface area contributed by atoms with Crippen molar-refractivity contribution in [2.24, 2.45) is 0 Å². The van der Waals surface area contributed by atoms with Crippen LogP contribution in [0.25, 0.3) is 0 Å². The summed E-state index contributed by atoms with van der Waals surface area (Å²) in [4.78, 5) is 23.4. The summed E-state index contributed by atoms with van der Waals surface area (Å²) in [5.74, 6) is -1.70. The summed E-state index contributed by atoms with van der Waals surface area (Å²) in [6, 6.07) is 5.79. The van der Waals surface area contributed by atoms with E-state index in [4.69, 9.17) is 16.3 Å². The molecule has 1 aromatic rings. The Morgan fingerprint density at radius 2 is 1.92 bits per heavy atom. The zero-order chi connectivity index (χ0) is 19.2. The zero-order valence-electron chi connectivity index (χ0n) is 14.0. The van der Waals surface area contributed by atoms with Gasteiger partial charge in [0.2, 0.25) is 10.0 Å². The summed E-state index contributed by atoms with van der Waals surface area (Å²) in [5, 5.41) is 5.15. The van der Waals surface area contributed by atoms with E-state index in [0.717, 1.165) is 0 Å². The number of amides is 2. The standard InChI is InChI=1S/C16H20ClN3O5S/c1-2-8-18-15(21)16(22)19-11-14-20(9-3-10-25-14)26(23,24)13-6-4-12(17)5-7-13/h2,4-7,14H,1,3,8-11H2,(H,18,21)(H,19,22)/t14-/m1/s1. The van der Waals surface area contributed by atoms with Crippen molar-refractivity contribution in [3.05, 3.63) is 41.9 Å². The molecule has 1 fully saturated rings. The number of nitrogens with one attached hydrogen (secondary N) is 2. The molecule has 142 valence electrons. The molecule has 1 atom stereocenters. The summed E-state index contributed by atoms with van der Waals surface area (Å²) < 4.78 is 32.3. The van der Waals surface area contributed by atoms with Crippen LogP contribution in [0, 0.1) is 0 Å². The van der Waals surface area contributed by atoms with Crippen LogP contribution < -0.4 is 10.6 Å². The van der Waals surface area contributed by atoms with E-state index < -0.39 is 28.1 Å². The molecule has 1 aliphatic heterocycles. The molecule has 0 spiro atoms. The summed E-state index contributed by atoms with van der Waals surface area (Å²) in [6.45, 7) is 4.05. The van der Waals surface area contributed by atoms with Gasteiger partial charge in [-0.3, -0.25) is 9.59 Å². The zero-order valence-corrected chi connectivity index (χ0v) is 15.6. The van der Waals surface area contributed by atoms with Crippen molar-refractivity contribution >= 4 is 33.4 Å². The Balaban J connectivity index is 2.07. The lowest BCUT2D eigenvalue weighted by atomic mass is 10.3. The quantitative estimate of drug-likeness (QED) is 0.533. The van der Waals surface area contributed by atoms with Crippen molar-refractivity contribution in [3.63, 3.8) is 0 Å². The topological polar surface area (TPSA) is 105 Å². The number of rotatable bonds is 6. The second-order valence-electron chi connectivity index (χ2n) is 5.46. The maximum Gasteiger partial charge on any atom is 0.309 e. The van der Waals surface area contributed by atoms with E-state index in [9.17, 15) is 18.0 Å². The van der Waals surface area contributed by atoms with Gasteiger partial charge in [0.25, 0.3) is 0 Å². The van der Waals surface area contributed by atoms with Crippen molar-refractivity contribution in [1.29, 1.82) is 0 Å². The second kappa shape index (κ2) is 9.13. The molecular formula is C16H20ClN3O5S. The van der Waals surface area contributed by atoms with Crippen molar-refractivity contribution in [3.8, 4) is 0 Å². The van der Waals surface area contributed by atoms with Crippen LogP contribution in [0.5, 0.6) is 0 Å². The van der Waals surface area contributed by atoms with E-state index in [1.54, 1.807) is 0 Å². The second-order valence-corrected chi connectivity index (χ2v) is 7.78. The highest BCUT2D eigenvalue weighted by molar-refractivity contribution is 7.89. The molecule has 8 nitrogen and oxygen atoms in total. The lowest BCUT2D eigenvalue weighted by Gasteiger charge is -2.34. The molecule has 0 aromatic heterocycles. The molecule has 2 amide bonds. The molecule has 0 saturated carbocycles. The first kappa shape index (κ1) is 20.4. The Morgan fingerprint density at radius 3 is 2.58 bits per heavy atom. The average Bonchev–Trinajstić information content (AvgIpc) is 2.64. The SMILES string of the molecule is C=CCNC(=O)C(=O)NC[C@H]1OCCCN1S(=O)(=O)c1ccc(Cl)cc1. The Kier molecular flexibility index (Phi) is 7.15. The van der Waals surface area contributed by atoms with Gasteiger partial charge in [-0.2, -0.15) is 4.31 Å². The molecule has 10 heteroatoms. The highest BCUT2D eigenvalue weighted by Crippen LogP contribution is 2.23. The summed E-state index contributed by atoms with van der Waals surface area (Å²) in [7, 11) is -3.83. The molecule has 1 aliphatic rings. The molecule has 1 heterocycles. The molecule has 0 radical (unpaired) electrons. The molecule has 0 aliphatic carbocycles. The number of halogens is 1. The molecule has 2 rings (SSSR count). The minimum absolute atomic E-state index is 0.0763. The number of ether oxygens (including phenoxy) is 1. The highest BCUT2D eigenvalue weighted by Gasteiger charge is 2.34. The van der Waals surface area contributed by atoms with Gasteiger partial charge in [-0.1, -0.05) is 17.7 Å². The van der Waals surface area contributed by atoms with Crippen LogP contribution in [0.2, 0.25) is 5.02 Å². The van der Waals surface area contributed by atoms with Crippen LogP contribution in [0.3, 0.4) is 0 Å². The first-order valence-electron chi connectivity index (χ1n) is 7.92. The molecule has 1 aromatic carbocycles. The summed E-state index contributed by atoms with van der Waals surface area (Å²) in [5.41, 5.74) is 0. The largest absolute Gasteiger partial charge is 0.360 e. The van der Waals surface area contributed by atoms with Gasteiger partial charge in [0.1, 0.15) is 6.23 Å². The van der Waals surface area contributed by atoms with E-state index >= 15 is 0 Å². The highest BCUT2D eigenvalue weighted by atomic mass is 35.5. The third-order valence-electron chi connectivity index (χ3n) is 3.62. The monoisotopic (exact) mass is 401 g/mol. The molecule has 26 heavy (non-hydrogen) atoms. The van der Waals surface area contributed by atoms with Crippen molar-refractivity contribution in [2.75, 3.05) is 26.2 Å². The summed E-state index contributed by atoms with van der Waals surface area (Å²) >= 11 is 5.80. The van der Waals surface area contributed by atoms with Crippen LogP contribution in [-0.2, 0) is 24.3 Å². The van der Waals surface area contributed by atoms with Gasteiger partial charge in [0, 0.05) is 18.1 Å². The Labute approximate surface area is 157 Å². The number of carbonyl (C=O) groups excluding carboxylic acids is 2. The number of hydrogen-bond donors (Lipinski definition) is 2. The minimum Gasteiger partial charge on any atom is -0.360 e. The minimum atomic E-state index is -3.83. The Bertz CT molecular complexity index is 767. The lowest BCUT2D eigenvalue weighted by Crippen LogP contribution is -2.53. The first-order chi connectivity index (χ1) is 12.4. The maximum absolute atomic E-state index is 12.8. The average molecular weight is 402 g/mol. The molecular weight excluding hydrogens is 382 g/mol. The van der Waals surface area contributed by atoms with E-state index in [1.807, 2.05) is 0 Å². The maximum atomic E-state index is 12.8. The predicted octanol–water partition coefficient (Wildman–Crippen LogP) is 0.496. The number of nitrogens with zero attached hydrogens (tertiary/aromatic N) is 1. The van der Waals surface area contributed by atoms with Gasteiger partial charge in [-0.15, -0.1) is 6.58 Å². The fourth-order valence-electron chi connectivity index (χ4n) is 2.35. The fourth-order valence-corrected chi connectivity index (χ4v) is 4.04. The third-order valence-corrected chi connectivity index (χ3v) is 5.78. The number of carbonyl (C=O) groups is 2. The van der Waals surface area contributed by atoms with Gasteiger partial charge in [-0.25, -0.2) is 8.42 Å². The molecule has 0 bridgehead atoms. The van der Waals surface area contributed by atoms with E-state index in [2.05, 4.69) is 17.2 Å². The Morgan fingerprint density at radius 1 is 1.27 bits per heavy atom. The van der Waals surface area contributed by atoms with E-state index in [1.165, 1.54) is 34.6 Å². The van der Waals surface area contributed by atoms with Gasteiger partial charge < -0.3 is 15.4 Å². The number of sulfonamides is 1. The van der Waals surface area contributed by atoms with Crippen molar-refractivity contribution < 1.29 is 22.7 Å². The van der Waals surface area contributed by atoms with Crippen molar-refractivity contribution in [1.82, 2.24) is 14.9 Å².